The number of benzene rings is 1. The normalized spacial score (nSPS) is 13.9. The van der Waals surface area contributed by atoms with E-state index in [9.17, 15) is 19.2 Å². The van der Waals surface area contributed by atoms with Gasteiger partial charge in [-0.2, -0.15) is 0 Å². The molecule has 5 amide bonds. The van der Waals surface area contributed by atoms with Gasteiger partial charge in [0.25, 0.3) is 0 Å². The van der Waals surface area contributed by atoms with E-state index in [0.717, 1.165) is 0 Å². The summed E-state index contributed by atoms with van der Waals surface area (Å²) < 4.78 is 10.6. The van der Waals surface area contributed by atoms with Crippen LogP contribution in [0.4, 0.5) is 22.0 Å². The van der Waals surface area contributed by atoms with Crippen LogP contribution in [0.25, 0.3) is 0 Å². The van der Waals surface area contributed by atoms with Crippen LogP contribution in [0.3, 0.4) is 0 Å². The van der Waals surface area contributed by atoms with E-state index < -0.39 is 6.03 Å². The average Bonchev–Trinajstić information content (AvgIpc) is 3.18. The third-order valence-corrected chi connectivity index (χ3v) is 5.46. The van der Waals surface area contributed by atoms with Crippen LogP contribution in [0.1, 0.15) is 45.8 Å². The standard InChI is InChI=1S/C24H32N6O6/c1-24(2,3)18-14-19(29-36-18)28-23(34)27-16-6-5-15(13-17(16)35-4)26-21(32)7-8-22(33)30-11-9-20(31)25-10-12-30/h5-6,13-14H,7-12H2,1-4H3,(H,25,31)(H,26,32)(H2,27,28,29,34). The predicted octanol–water partition coefficient (Wildman–Crippen LogP) is 2.69. The molecule has 2 aromatic rings. The Morgan fingerprint density at radius 3 is 2.58 bits per heavy atom. The van der Waals surface area contributed by atoms with Crippen molar-refractivity contribution in [3.05, 3.63) is 30.0 Å². The topological polar surface area (TPSA) is 155 Å². The van der Waals surface area contributed by atoms with E-state index in [4.69, 9.17) is 9.26 Å². The van der Waals surface area contributed by atoms with Crippen molar-refractivity contribution in [1.82, 2.24) is 15.4 Å². The first kappa shape index (κ1) is 26.5. The van der Waals surface area contributed by atoms with Gasteiger partial charge in [-0.3, -0.25) is 19.7 Å². The molecule has 0 radical (unpaired) electrons. The quantitative estimate of drug-likeness (QED) is 0.455. The van der Waals surface area contributed by atoms with Crippen molar-refractivity contribution in [1.29, 1.82) is 0 Å². The zero-order valence-electron chi connectivity index (χ0n) is 20.9. The number of amides is 5. The van der Waals surface area contributed by atoms with Gasteiger partial charge in [0.05, 0.1) is 12.8 Å². The fourth-order valence-electron chi connectivity index (χ4n) is 3.45. The Hall–Kier alpha value is -4.09. The highest BCUT2D eigenvalue weighted by Gasteiger charge is 2.21. The highest BCUT2D eigenvalue weighted by atomic mass is 16.5. The first-order valence-corrected chi connectivity index (χ1v) is 11.6. The number of nitrogens with zero attached hydrogens (tertiary/aromatic N) is 2. The maximum atomic E-state index is 12.4. The van der Waals surface area contributed by atoms with Gasteiger partial charge in [0, 0.05) is 62.1 Å². The van der Waals surface area contributed by atoms with Gasteiger partial charge in [0.2, 0.25) is 17.7 Å². The number of ether oxygens (including phenoxy) is 1. The molecule has 1 fully saturated rings. The van der Waals surface area contributed by atoms with E-state index in [0.29, 0.717) is 42.5 Å². The van der Waals surface area contributed by atoms with E-state index in [2.05, 4.69) is 26.4 Å². The summed E-state index contributed by atoms with van der Waals surface area (Å²) in [6, 6.07) is 5.88. The molecule has 0 unspecified atom stereocenters. The Labute approximate surface area is 209 Å². The van der Waals surface area contributed by atoms with Crippen molar-refractivity contribution in [2.24, 2.45) is 0 Å². The summed E-state index contributed by atoms with van der Waals surface area (Å²) in [6.45, 7) is 7.09. The van der Waals surface area contributed by atoms with Crippen molar-refractivity contribution >= 4 is 40.9 Å². The zero-order chi connectivity index (χ0) is 26.3. The molecule has 1 aliphatic rings. The predicted molar refractivity (Wildman–Crippen MR) is 133 cm³/mol. The molecule has 0 aliphatic carbocycles. The van der Waals surface area contributed by atoms with Crippen LogP contribution in [-0.4, -0.2) is 60.6 Å². The first-order chi connectivity index (χ1) is 17.0. The van der Waals surface area contributed by atoms with Gasteiger partial charge in [-0.1, -0.05) is 25.9 Å². The molecule has 0 bridgehead atoms. The molecular weight excluding hydrogens is 468 g/mol. The molecule has 12 heteroatoms. The maximum absolute atomic E-state index is 12.4. The zero-order valence-corrected chi connectivity index (χ0v) is 20.9. The molecule has 1 aliphatic heterocycles. The molecule has 1 aromatic carbocycles. The summed E-state index contributed by atoms with van der Waals surface area (Å²) in [5.74, 6) is 0.644. The molecule has 194 valence electrons. The number of hydrogen-bond acceptors (Lipinski definition) is 7. The summed E-state index contributed by atoms with van der Waals surface area (Å²) in [7, 11) is 1.44. The van der Waals surface area contributed by atoms with E-state index in [-0.39, 0.29) is 48.2 Å². The van der Waals surface area contributed by atoms with Crippen LogP contribution in [-0.2, 0) is 19.8 Å². The molecular formula is C24H32N6O6. The summed E-state index contributed by atoms with van der Waals surface area (Å²) in [6.07, 6.45) is 0.290. The average molecular weight is 501 g/mol. The molecule has 0 atom stereocenters. The fraction of sp³-hybridized carbons (Fsp3) is 0.458. The van der Waals surface area contributed by atoms with E-state index in [1.54, 1.807) is 29.2 Å². The lowest BCUT2D eigenvalue weighted by atomic mass is 9.93. The van der Waals surface area contributed by atoms with Crippen molar-refractivity contribution < 1.29 is 28.4 Å². The second-order valence-electron chi connectivity index (χ2n) is 9.35. The van der Waals surface area contributed by atoms with Gasteiger partial charge in [-0.05, 0) is 12.1 Å². The monoisotopic (exact) mass is 500 g/mol. The van der Waals surface area contributed by atoms with Crippen LogP contribution in [0.15, 0.2) is 28.8 Å². The molecule has 3 rings (SSSR count). The van der Waals surface area contributed by atoms with Gasteiger partial charge in [0.15, 0.2) is 5.82 Å². The lowest BCUT2D eigenvalue weighted by molar-refractivity contribution is -0.132. The Morgan fingerprint density at radius 1 is 1.11 bits per heavy atom. The number of aromatic nitrogens is 1. The van der Waals surface area contributed by atoms with Crippen LogP contribution in [0.5, 0.6) is 5.75 Å². The molecule has 12 nitrogen and oxygen atoms in total. The number of urea groups is 1. The summed E-state index contributed by atoms with van der Waals surface area (Å²) in [5, 5.41) is 14.6. The summed E-state index contributed by atoms with van der Waals surface area (Å²) in [4.78, 5) is 50.2. The van der Waals surface area contributed by atoms with Crippen LogP contribution < -0.4 is 26.0 Å². The number of carbonyl (C=O) groups is 4. The van der Waals surface area contributed by atoms with Crippen LogP contribution >= 0.6 is 0 Å². The number of methoxy groups -OCH3 is 1. The first-order valence-electron chi connectivity index (χ1n) is 11.6. The number of nitrogens with one attached hydrogen (secondary N) is 4. The largest absolute Gasteiger partial charge is 0.494 e. The molecule has 1 aromatic heterocycles. The number of anilines is 3. The van der Waals surface area contributed by atoms with Crippen LogP contribution in [0, 0.1) is 0 Å². The van der Waals surface area contributed by atoms with E-state index >= 15 is 0 Å². The van der Waals surface area contributed by atoms with Crippen LogP contribution in [0.2, 0.25) is 0 Å². The molecule has 2 heterocycles. The minimum absolute atomic E-state index is 0.00428. The van der Waals surface area contributed by atoms with Gasteiger partial charge < -0.3 is 30.1 Å². The number of carbonyl (C=O) groups excluding carboxylic acids is 4. The highest BCUT2D eigenvalue weighted by molar-refractivity contribution is 6.00. The molecule has 0 saturated carbocycles. The third kappa shape index (κ3) is 7.45. The fourth-order valence-corrected chi connectivity index (χ4v) is 3.45. The minimum atomic E-state index is -0.539. The van der Waals surface area contributed by atoms with Gasteiger partial charge >= 0.3 is 6.03 Å². The Kier molecular flexibility index (Phi) is 8.51. The van der Waals surface area contributed by atoms with Crippen molar-refractivity contribution in [3.63, 3.8) is 0 Å². The number of hydrogen-bond donors (Lipinski definition) is 4. The van der Waals surface area contributed by atoms with Gasteiger partial charge in [-0.25, -0.2) is 4.79 Å². The van der Waals surface area contributed by atoms with Gasteiger partial charge in [0.1, 0.15) is 11.5 Å². The highest BCUT2D eigenvalue weighted by Crippen LogP contribution is 2.29. The Balaban J connectivity index is 1.52. The summed E-state index contributed by atoms with van der Waals surface area (Å²) in [5.41, 5.74) is 0.587. The lowest BCUT2D eigenvalue weighted by Gasteiger charge is -2.19. The Morgan fingerprint density at radius 2 is 1.89 bits per heavy atom. The van der Waals surface area contributed by atoms with Gasteiger partial charge in [-0.15, -0.1) is 0 Å². The molecule has 0 spiro atoms. The minimum Gasteiger partial charge on any atom is -0.494 e. The SMILES string of the molecule is COc1cc(NC(=O)CCC(=O)N2CCNC(=O)CC2)ccc1NC(=O)Nc1cc(C(C)(C)C)on1. The number of rotatable bonds is 7. The van der Waals surface area contributed by atoms with Crippen molar-refractivity contribution in [2.45, 2.75) is 45.4 Å². The molecule has 36 heavy (non-hydrogen) atoms. The second kappa shape index (κ2) is 11.6. The molecule has 4 N–H and O–H groups in total. The third-order valence-electron chi connectivity index (χ3n) is 5.46. The van der Waals surface area contributed by atoms with Crippen molar-refractivity contribution in [2.75, 3.05) is 42.7 Å². The van der Waals surface area contributed by atoms with E-state index in [1.165, 1.54) is 7.11 Å². The van der Waals surface area contributed by atoms with E-state index in [1.807, 2.05) is 20.8 Å². The Bertz CT molecular complexity index is 1120. The summed E-state index contributed by atoms with van der Waals surface area (Å²) >= 11 is 0. The van der Waals surface area contributed by atoms with Crippen molar-refractivity contribution in [3.8, 4) is 5.75 Å². The smallest absolute Gasteiger partial charge is 0.325 e. The molecule has 1 saturated heterocycles. The second-order valence-corrected chi connectivity index (χ2v) is 9.35. The lowest BCUT2D eigenvalue weighted by Crippen LogP contribution is -2.34. The maximum Gasteiger partial charge on any atom is 0.325 e.